The van der Waals surface area contributed by atoms with Gasteiger partial charge in [0.2, 0.25) is 5.95 Å². The van der Waals surface area contributed by atoms with Gasteiger partial charge in [-0.05, 0) is 26.2 Å². The molecule has 1 aliphatic carbocycles. The molecular formula is C17H20F3N9. The van der Waals surface area contributed by atoms with Gasteiger partial charge in [-0.15, -0.1) is 5.10 Å². The first-order valence-electron chi connectivity index (χ1n) is 9.15. The number of halogens is 3. The number of hydrogen-bond acceptors (Lipinski definition) is 7. The molecular weight excluding hydrogens is 387 g/mol. The molecule has 0 aromatic carbocycles. The van der Waals surface area contributed by atoms with Gasteiger partial charge >= 0.3 is 6.18 Å². The zero-order valence-corrected chi connectivity index (χ0v) is 15.8. The van der Waals surface area contributed by atoms with Crippen LogP contribution in [-0.4, -0.2) is 41.8 Å². The first-order valence-corrected chi connectivity index (χ1v) is 9.15. The number of nitrogens with one attached hydrogen (secondary N) is 2. The molecule has 29 heavy (non-hydrogen) atoms. The highest BCUT2D eigenvalue weighted by atomic mass is 19.4. The van der Waals surface area contributed by atoms with Gasteiger partial charge in [0.15, 0.2) is 0 Å². The fourth-order valence-electron chi connectivity index (χ4n) is 3.58. The van der Waals surface area contributed by atoms with Gasteiger partial charge in [-0.1, -0.05) is 5.21 Å². The van der Waals surface area contributed by atoms with E-state index in [1.54, 1.807) is 6.20 Å². The number of rotatable bonds is 5. The van der Waals surface area contributed by atoms with Crippen LogP contribution in [0.5, 0.6) is 0 Å². The van der Waals surface area contributed by atoms with Crippen molar-refractivity contribution >= 4 is 17.5 Å². The zero-order valence-electron chi connectivity index (χ0n) is 15.8. The Bertz CT molecular complexity index is 981. The highest BCUT2D eigenvalue weighted by Gasteiger charge is 2.35. The second-order valence-corrected chi connectivity index (χ2v) is 6.94. The average molecular weight is 407 g/mol. The van der Waals surface area contributed by atoms with Crippen LogP contribution in [0.2, 0.25) is 0 Å². The van der Waals surface area contributed by atoms with Crippen molar-refractivity contribution in [2.75, 3.05) is 17.7 Å². The Balaban J connectivity index is 1.50. The second kappa shape index (κ2) is 7.33. The predicted octanol–water partition coefficient (Wildman–Crippen LogP) is 3.34. The first kappa shape index (κ1) is 19.2. The van der Waals surface area contributed by atoms with E-state index in [1.807, 2.05) is 28.7 Å². The SMILES string of the molecule is CNc1nc(Nc2cn([C@H]3CC[C@H](n4ccnn4)C3)nc2C)ncc1C(F)(F)F. The second-order valence-electron chi connectivity index (χ2n) is 6.94. The van der Waals surface area contributed by atoms with Crippen LogP contribution in [0.1, 0.15) is 42.6 Å². The fraction of sp³-hybridized carbons (Fsp3) is 0.471. The minimum atomic E-state index is -4.53. The summed E-state index contributed by atoms with van der Waals surface area (Å²) in [6.07, 6.45) is 4.40. The van der Waals surface area contributed by atoms with Crippen LogP contribution in [0.15, 0.2) is 24.8 Å². The summed E-state index contributed by atoms with van der Waals surface area (Å²) >= 11 is 0. The van der Waals surface area contributed by atoms with Crippen LogP contribution in [-0.2, 0) is 6.18 Å². The van der Waals surface area contributed by atoms with E-state index < -0.39 is 11.7 Å². The largest absolute Gasteiger partial charge is 0.421 e. The Morgan fingerprint density at radius 3 is 2.59 bits per heavy atom. The summed E-state index contributed by atoms with van der Waals surface area (Å²) in [4.78, 5) is 7.74. The summed E-state index contributed by atoms with van der Waals surface area (Å²) in [7, 11) is 1.39. The summed E-state index contributed by atoms with van der Waals surface area (Å²) in [5.41, 5.74) is 0.447. The molecule has 1 aliphatic rings. The minimum Gasteiger partial charge on any atom is -0.372 e. The van der Waals surface area contributed by atoms with E-state index >= 15 is 0 Å². The zero-order chi connectivity index (χ0) is 20.6. The summed E-state index contributed by atoms with van der Waals surface area (Å²) in [6, 6.07) is 0.486. The molecule has 3 aromatic rings. The maximum Gasteiger partial charge on any atom is 0.421 e. The van der Waals surface area contributed by atoms with E-state index in [0.717, 1.165) is 25.5 Å². The Morgan fingerprint density at radius 1 is 1.17 bits per heavy atom. The van der Waals surface area contributed by atoms with Gasteiger partial charge in [0.05, 0.1) is 29.7 Å². The summed E-state index contributed by atoms with van der Waals surface area (Å²) in [6.45, 7) is 1.83. The van der Waals surface area contributed by atoms with Crippen molar-refractivity contribution in [2.45, 2.75) is 44.4 Å². The molecule has 9 nitrogen and oxygen atoms in total. The molecule has 0 spiro atoms. The van der Waals surface area contributed by atoms with Gasteiger partial charge in [-0.25, -0.2) is 9.67 Å². The molecule has 4 rings (SSSR count). The molecule has 0 saturated heterocycles. The predicted molar refractivity (Wildman–Crippen MR) is 98.8 cm³/mol. The van der Waals surface area contributed by atoms with Crippen molar-refractivity contribution in [3.05, 3.63) is 36.0 Å². The number of nitrogens with zero attached hydrogens (tertiary/aromatic N) is 7. The summed E-state index contributed by atoms with van der Waals surface area (Å²) in [5, 5.41) is 17.9. The van der Waals surface area contributed by atoms with Gasteiger partial charge in [0.1, 0.15) is 11.4 Å². The Morgan fingerprint density at radius 2 is 1.93 bits per heavy atom. The first-order chi connectivity index (χ1) is 13.8. The van der Waals surface area contributed by atoms with E-state index in [-0.39, 0.29) is 23.8 Å². The van der Waals surface area contributed by atoms with Crippen molar-refractivity contribution in [1.82, 2.24) is 34.7 Å². The molecule has 0 bridgehead atoms. The van der Waals surface area contributed by atoms with E-state index in [1.165, 1.54) is 7.05 Å². The minimum absolute atomic E-state index is 0.0666. The normalized spacial score (nSPS) is 19.5. The van der Waals surface area contributed by atoms with Crippen molar-refractivity contribution < 1.29 is 13.2 Å². The highest BCUT2D eigenvalue weighted by Crippen LogP contribution is 2.38. The molecule has 1 fully saturated rings. The highest BCUT2D eigenvalue weighted by molar-refractivity contribution is 5.57. The van der Waals surface area contributed by atoms with Crippen LogP contribution >= 0.6 is 0 Å². The number of aromatic nitrogens is 7. The topological polar surface area (TPSA) is 98.4 Å². The van der Waals surface area contributed by atoms with Gasteiger partial charge in [0.25, 0.3) is 0 Å². The molecule has 0 amide bonds. The van der Waals surface area contributed by atoms with E-state index in [0.29, 0.717) is 11.4 Å². The Labute approximate surface area is 164 Å². The molecule has 0 unspecified atom stereocenters. The molecule has 1 saturated carbocycles. The third-order valence-corrected chi connectivity index (χ3v) is 5.06. The van der Waals surface area contributed by atoms with Crippen LogP contribution < -0.4 is 10.6 Å². The van der Waals surface area contributed by atoms with E-state index in [4.69, 9.17) is 0 Å². The molecule has 154 valence electrons. The van der Waals surface area contributed by atoms with Crippen LogP contribution in [0.3, 0.4) is 0 Å². The van der Waals surface area contributed by atoms with Crippen LogP contribution in [0.25, 0.3) is 0 Å². The van der Waals surface area contributed by atoms with Gasteiger partial charge in [-0.2, -0.15) is 23.3 Å². The Hall–Kier alpha value is -3.18. The Kier molecular flexibility index (Phi) is 4.84. The third kappa shape index (κ3) is 3.87. The standard InChI is InChI=1S/C17H20F3N9/c1-10-14(24-16-22-8-13(17(18,19)20)15(21-2)25-16)9-29(26-10)12-4-3-11(7-12)28-6-5-23-27-28/h5-6,8-9,11-12H,3-4,7H2,1-2H3,(H2,21,22,24,25)/t11-,12-/m0/s1. The average Bonchev–Trinajstić information content (AvgIpc) is 3.41. The third-order valence-electron chi connectivity index (χ3n) is 5.06. The molecule has 3 heterocycles. The van der Waals surface area contributed by atoms with Crippen molar-refractivity contribution in [1.29, 1.82) is 0 Å². The van der Waals surface area contributed by atoms with Gasteiger partial charge in [0, 0.05) is 25.6 Å². The molecule has 0 radical (unpaired) electrons. The van der Waals surface area contributed by atoms with E-state index in [2.05, 4.69) is 36.0 Å². The number of alkyl halides is 3. The maximum absolute atomic E-state index is 13.0. The smallest absolute Gasteiger partial charge is 0.372 e. The lowest BCUT2D eigenvalue weighted by molar-refractivity contribution is -0.137. The lowest BCUT2D eigenvalue weighted by atomic mass is 10.2. The molecule has 3 aromatic heterocycles. The number of hydrogen-bond donors (Lipinski definition) is 2. The van der Waals surface area contributed by atoms with Crippen molar-refractivity contribution in [3.8, 4) is 0 Å². The van der Waals surface area contributed by atoms with Crippen LogP contribution in [0, 0.1) is 6.92 Å². The van der Waals surface area contributed by atoms with Crippen LogP contribution in [0.4, 0.5) is 30.6 Å². The number of aryl methyl sites for hydroxylation is 1. The lowest BCUT2D eigenvalue weighted by Gasteiger charge is -2.13. The lowest BCUT2D eigenvalue weighted by Crippen LogP contribution is -2.12. The molecule has 2 N–H and O–H groups in total. The van der Waals surface area contributed by atoms with Gasteiger partial charge < -0.3 is 10.6 Å². The number of anilines is 3. The summed E-state index contributed by atoms with van der Waals surface area (Å²) < 4.78 is 42.8. The quantitative estimate of drug-likeness (QED) is 0.669. The molecule has 2 atom stereocenters. The maximum atomic E-state index is 13.0. The monoisotopic (exact) mass is 407 g/mol. The summed E-state index contributed by atoms with van der Waals surface area (Å²) in [5.74, 6) is -0.219. The van der Waals surface area contributed by atoms with Gasteiger partial charge in [-0.3, -0.25) is 4.68 Å². The molecule has 0 aliphatic heterocycles. The van der Waals surface area contributed by atoms with E-state index in [9.17, 15) is 13.2 Å². The molecule has 12 heteroatoms. The van der Waals surface area contributed by atoms with Crippen molar-refractivity contribution in [3.63, 3.8) is 0 Å². The fourth-order valence-corrected chi connectivity index (χ4v) is 3.58. The van der Waals surface area contributed by atoms with Crippen molar-refractivity contribution in [2.24, 2.45) is 0 Å².